The van der Waals surface area contributed by atoms with Crippen molar-refractivity contribution in [3.63, 3.8) is 0 Å². The maximum absolute atomic E-state index is 14.1. The van der Waals surface area contributed by atoms with Gasteiger partial charge in [-0.3, -0.25) is 31.9 Å². The molecule has 0 aromatic rings. The van der Waals surface area contributed by atoms with Crippen molar-refractivity contribution in [3.8, 4) is 0 Å². The molecule has 16 heteroatoms. The molecule has 4 aliphatic rings. The van der Waals surface area contributed by atoms with E-state index in [1.807, 2.05) is 13.0 Å². The second-order valence-corrected chi connectivity index (χ2v) is 13.9. The number of aliphatic hydroxyl groups excluding tert-OH is 1. The number of carbonyl (C=O) groups is 3. The molecule has 3 N–H and O–H groups in total. The van der Waals surface area contributed by atoms with Crippen molar-refractivity contribution in [2.75, 3.05) is 47.0 Å². The summed E-state index contributed by atoms with van der Waals surface area (Å²) >= 11 is 0. The van der Waals surface area contributed by atoms with Gasteiger partial charge in [-0.2, -0.15) is 0 Å². The number of aliphatic carboxylic acids is 1. The first kappa shape index (κ1) is 57.9. The van der Waals surface area contributed by atoms with E-state index in [0.29, 0.717) is 65.3 Å². The third-order valence-corrected chi connectivity index (χ3v) is 9.94. The molecule has 1 unspecified atom stereocenters. The van der Waals surface area contributed by atoms with Gasteiger partial charge in [-0.15, -0.1) is 0 Å². The largest absolute Gasteiger partial charge is 1.00 e. The van der Waals surface area contributed by atoms with Crippen molar-refractivity contribution in [2.45, 2.75) is 153 Å². The van der Waals surface area contributed by atoms with E-state index in [2.05, 4.69) is 0 Å². The van der Waals surface area contributed by atoms with E-state index in [-0.39, 0.29) is 104 Å². The van der Waals surface area contributed by atoms with Gasteiger partial charge in [0, 0.05) is 13.0 Å². The summed E-state index contributed by atoms with van der Waals surface area (Å²) in [5, 5.41) is 17.2. The van der Waals surface area contributed by atoms with Crippen molar-refractivity contribution in [1.29, 1.82) is 0 Å². The molecule has 0 bridgehead atoms. The Hall–Kier alpha value is -1.39. The second-order valence-electron chi connectivity index (χ2n) is 13.9. The number of alkyl halides is 6. The molecule has 1 aliphatic heterocycles. The monoisotopic (exact) mass is 816 g/mol. The summed E-state index contributed by atoms with van der Waals surface area (Å²) in [6, 6.07) is 0. The van der Waals surface area contributed by atoms with Crippen molar-refractivity contribution in [3.05, 3.63) is 11.6 Å². The number of carboxylic acid groups (broad SMARTS) is 1. The zero-order valence-electron chi connectivity index (χ0n) is 33.6. The predicted octanol–water partition coefficient (Wildman–Crippen LogP) is 6.47. The predicted molar refractivity (Wildman–Crippen MR) is 194 cm³/mol. The molecule has 9 nitrogen and oxygen atoms in total. The van der Waals surface area contributed by atoms with Gasteiger partial charge in [0.1, 0.15) is 11.3 Å². The van der Waals surface area contributed by atoms with E-state index in [9.17, 15) is 40.7 Å². The summed E-state index contributed by atoms with van der Waals surface area (Å²) in [6.45, 7) is 3.92. The maximum Gasteiger partial charge on any atom is 1.00 e. The molecule has 1 saturated heterocycles. The number of halogens is 6. The second kappa shape index (κ2) is 34.6. The van der Waals surface area contributed by atoms with Crippen LogP contribution in [0.3, 0.4) is 0 Å². The van der Waals surface area contributed by atoms with Gasteiger partial charge in [0.25, 0.3) is 0 Å². The summed E-state index contributed by atoms with van der Waals surface area (Å²) < 4.78 is 87.8. The topological polar surface area (TPSA) is 149 Å². The summed E-state index contributed by atoms with van der Waals surface area (Å²) in [6.07, 6.45) is 11.5. The molecular weight excluding hydrogens is 749 g/mol. The molecule has 3 saturated carbocycles. The van der Waals surface area contributed by atoms with Crippen molar-refractivity contribution >= 4 is 17.9 Å². The van der Waals surface area contributed by atoms with Crippen LogP contribution in [0.25, 0.3) is 0 Å². The Kier molecular flexibility index (Phi) is 36.5. The fourth-order valence-electron chi connectivity index (χ4n) is 6.79. The van der Waals surface area contributed by atoms with Crippen molar-refractivity contribution in [1.82, 2.24) is 0 Å². The Labute approximate surface area is 346 Å². The third-order valence-electron chi connectivity index (χ3n) is 9.94. The summed E-state index contributed by atoms with van der Waals surface area (Å²) in [4.78, 5) is 33.4. The van der Waals surface area contributed by atoms with E-state index in [1.54, 1.807) is 6.92 Å². The number of ether oxygens (including phenoxy) is 3. The average Bonchev–Trinajstić information content (AvgIpc) is 3.65. The third kappa shape index (κ3) is 26.3. The molecule has 4 fully saturated rings. The Bertz CT molecular complexity index is 994. The minimum atomic E-state index is -1.31. The number of allylic oxidation sites excluding steroid dienone is 2. The van der Waals surface area contributed by atoms with Gasteiger partial charge in [0.15, 0.2) is 6.29 Å². The molecule has 320 valence electrons. The number of aliphatic hydroxyl groups is 1. The standard InChI is InChI=1S/C12H20F2O2.C12H19FO2.C10H16F2O2.C4H8O2.CH3F.Na.H2O/c1-2-16-11(15)10-4-7-12(14,8-5-10)6-3-9-13;1-2-15-12(14)11-7-5-10(6-8-11)4-3-9-13;11-7-1-4-10(12)5-2-8(3-6-10)9(13)14;5-4-2-1-3-6-4;1-2;;/h10H,2-9H2,1H3;4,11H,2-3,5-9H2,1H3;8H,1-7H2,(H,13,14);4-5H,1-3H2;1H3;;1H2/q;;;;;+1;/p-1. The first-order valence-corrected chi connectivity index (χ1v) is 19.3. The van der Waals surface area contributed by atoms with Gasteiger partial charge in [0.2, 0.25) is 0 Å². The zero-order chi connectivity index (χ0) is 40.1. The molecule has 0 aromatic heterocycles. The minimum Gasteiger partial charge on any atom is -0.870 e. The van der Waals surface area contributed by atoms with Crippen LogP contribution in [-0.2, 0) is 28.6 Å². The maximum atomic E-state index is 14.1. The van der Waals surface area contributed by atoms with Crippen LogP contribution in [-0.4, -0.2) is 98.2 Å². The Morgan fingerprint density at radius 1 is 0.745 bits per heavy atom. The fraction of sp³-hybridized carbons (Fsp3) is 0.872. The van der Waals surface area contributed by atoms with Crippen LogP contribution in [0.4, 0.5) is 26.3 Å². The number of rotatable bonds is 13. The minimum absolute atomic E-state index is 0. The Morgan fingerprint density at radius 2 is 1.16 bits per heavy atom. The van der Waals surface area contributed by atoms with Crippen LogP contribution in [0.15, 0.2) is 11.6 Å². The normalized spacial score (nSPS) is 26.8. The Balaban J connectivity index is -0.000000659. The zero-order valence-corrected chi connectivity index (χ0v) is 35.6. The van der Waals surface area contributed by atoms with E-state index < -0.39 is 42.9 Å². The summed E-state index contributed by atoms with van der Waals surface area (Å²) in [5.41, 5.74) is -1.26. The number of carboxylic acids is 1. The molecular formula is C39H67F6NaO9. The summed E-state index contributed by atoms with van der Waals surface area (Å²) in [7, 11) is 0.500. The molecule has 3 aliphatic carbocycles. The quantitative estimate of drug-likeness (QED) is 0.0924. The Morgan fingerprint density at radius 3 is 1.47 bits per heavy atom. The first-order valence-electron chi connectivity index (χ1n) is 19.3. The van der Waals surface area contributed by atoms with E-state index in [4.69, 9.17) is 24.4 Å². The van der Waals surface area contributed by atoms with Crippen molar-refractivity contribution in [2.24, 2.45) is 17.8 Å². The molecule has 0 aromatic carbocycles. The molecule has 0 radical (unpaired) electrons. The number of hydrogen-bond acceptors (Lipinski definition) is 8. The van der Waals surface area contributed by atoms with E-state index in [0.717, 1.165) is 45.1 Å². The first-order chi connectivity index (χ1) is 25.4. The number of hydrogen-bond donors (Lipinski definition) is 2. The van der Waals surface area contributed by atoms with E-state index in [1.165, 1.54) is 5.57 Å². The van der Waals surface area contributed by atoms with E-state index >= 15 is 0 Å². The van der Waals surface area contributed by atoms with Crippen LogP contribution < -0.4 is 29.6 Å². The summed E-state index contributed by atoms with van der Waals surface area (Å²) in [5.74, 6) is -1.61. The van der Waals surface area contributed by atoms with Gasteiger partial charge < -0.3 is 29.9 Å². The number of esters is 2. The molecule has 1 heterocycles. The molecule has 4 rings (SSSR count). The molecule has 0 amide bonds. The average molecular weight is 817 g/mol. The van der Waals surface area contributed by atoms with Crippen LogP contribution in [0.5, 0.6) is 0 Å². The van der Waals surface area contributed by atoms with Gasteiger partial charge in [-0.25, -0.2) is 8.78 Å². The van der Waals surface area contributed by atoms with Crippen molar-refractivity contribution < 1.29 is 100 Å². The van der Waals surface area contributed by atoms with Crippen LogP contribution in [0.1, 0.15) is 136 Å². The van der Waals surface area contributed by atoms with Gasteiger partial charge in [-0.05, 0) is 129 Å². The molecule has 0 spiro atoms. The van der Waals surface area contributed by atoms with Crippen LogP contribution in [0.2, 0.25) is 0 Å². The molecule has 1 atom stereocenters. The van der Waals surface area contributed by atoms with Gasteiger partial charge in [-0.1, -0.05) is 11.6 Å². The molecule has 55 heavy (non-hydrogen) atoms. The SMILES string of the molecule is CCOC(=O)C1CCC(=CCCF)CC1.CCOC(=O)C1CCC(F)(CCCF)CC1.CF.O=C(O)C1CCC(F)(CCCF)CC1.OC1CCCO1.[Na+].[OH-]. The fourth-order valence-corrected chi connectivity index (χ4v) is 6.79. The van der Waals surface area contributed by atoms with Crippen LogP contribution >= 0.6 is 0 Å². The number of carbonyl (C=O) groups excluding carboxylic acids is 2. The smallest absolute Gasteiger partial charge is 0.870 e. The van der Waals surface area contributed by atoms with Gasteiger partial charge >= 0.3 is 47.5 Å². The van der Waals surface area contributed by atoms with Crippen LogP contribution in [0, 0.1) is 17.8 Å². The van der Waals surface area contributed by atoms with Gasteiger partial charge in [0.05, 0.1) is 58.2 Å².